The molecule has 1 saturated heterocycles. The number of hydrogen-bond acceptors (Lipinski definition) is 5. The molecule has 2 N–H and O–H groups in total. The predicted octanol–water partition coefficient (Wildman–Crippen LogP) is 3.89. The van der Waals surface area contributed by atoms with Gasteiger partial charge in [0.2, 0.25) is 6.79 Å². The summed E-state index contributed by atoms with van der Waals surface area (Å²) in [5, 5.41) is 9.17. The fraction of sp³-hybridized carbons (Fsp3) is 0.500. The Kier molecular flexibility index (Phi) is 8.64. The molecule has 2 unspecified atom stereocenters. The molecule has 0 spiro atoms. The first kappa shape index (κ1) is 23.1. The highest BCUT2D eigenvalue weighted by Crippen LogP contribution is 2.36. The first-order valence-electron chi connectivity index (χ1n) is 10.3. The van der Waals surface area contributed by atoms with Crippen molar-refractivity contribution in [2.24, 2.45) is 10.9 Å². The van der Waals surface area contributed by atoms with Crippen molar-refractivity contribution in [3.8, 4) is 11.5 Å². The van der Waals surface area contributed by atoms with Crippen LogP contribution in [0, 0.1) is 5.92 Å². The number of rotatable bonds is 6. The average molecular weight is 542 g/mol. The Labute approximate surface area is 200 Å². The van der Waals surface area contributed by atoms with Gasteiger partial charge in [0, 0.05) is 31.1 Å². The maximum Gasteiger partial charge on any atom is 0.231 e. The van der Waals surface area contributed by atoms with Gasteiger partial charge in [0.1, 0.15) is 0 Å². The lowest BCUT2D eigenvalue weighted by atomic mass is 9.88. The van der Waals surface area contributed by atoms with E-state index >= 15 is 0 Å². The van der Waals surface area contributed by atoms with Crippen molar-refractivity contribution in [1.29, 1.82) is 0 Å². The van der Waals surface area contributed by atoms with Crippen LogP contribution in [0.15, 0.2) is 40.7 Å². The van der Waals surface area contributed by atoms with E-state index in [4.69, 9.17) is 9.47 Å². The molecule has 1 aromatic heterocycles. The van der Waals surface area contributed by atoms with Crippen molar-refractivity contribution in [1.82, 2.24) is 15.5 Å². The van der Waals surface area contributed by atoms with Crippen LogP contribution in [0.2, 0.25) is 0 Å². The number of aliphatic imine (C=N–C) groups is 1. The van der Waals surface area contributed by atoms with Crippen LogP contribution in [-0.2, 0) is 6.42 Å². The summed E-state index contributed by atoms with van der Waals surface area (Å²) in [6.07, 6.45) is 3.40. The molecule has 0 amide bonds. The van der Waals surface area contributed by atoms with E-state index in [-0.39, 0.29) is 24.0 Å². The second-order valence-electron chi connectivity index (χ2n) is 7.66. The lowest BCUT2D eigenvalue weighted by molar-refractivity contribution is 0.125. The molecule has 4 rings (SSSR count). The van der Waals surface area contributed by atoms with Crippen molar-refractivity contribution < 1.29 is 9.47 Å². The van der Waals surface area contributed by atoms with Gasteiger partial charge in [-0.1, -0.05) is 12.1 Å². The summed E-state index contributed by atoms with van der Waals surface area (Å²) in [6, 6.07) is 11.0. The van der Waals surface area contributed by atoms with Crippen molar-refractivity contribution in [3.05, 3.63) is 46.2 Å². The van der Waals surface area contributed by atoms with Crippen molar-refractivity contribution in [2.75, 3.05) is 40.5 Å². The van der Waals surface area contributed by atoms with E-state index in [2.05, 4.69) is 57.2 Å². The molecule has 0 bridgehead atoms. The SMILES string of the molecule is CN=C(NCCc1ccc2c(c1)OCO2)NCC1CCCN(C)C1c1cccs1.I. The minimum atomic E-state index is 0. The topological polar surface area (TPSA) is 58.1 Å². The zero-order valence-corrected chi connectivity index (χ0v) is 20.7. The third-order valence-electron chi connectivity index (χ3n) is 5.74. The van der Waals surface area contributed by atoms with E-state index in [0.717, 1.165) is 37.0 Å². The Morgan fingerprint density at radius 1 is 1.23 bits per heavy atom. The van der Waals surface area contributed by atoms with Gasteiger partial charge >= 0.3 is 0 Å². The number of nitrogens with one attached hydrogen (secondary N) is 2. The van der Waals surface area contributed by atoms with E-state index in [1.807, 2.05) is 24.5 Å². The maximum absolute atomic E-state index is 5.46. The first-order chi connectivity index (χ1) is 14.2. The summed E-state index contributed by atoms with van der Waals surface area (Å²) in [4.78, 5) is 8.37. The van der Waals surface area contributed by atoms with E-state index in [1.165, 1.54) is 29.8 Å². The number of piperidine rings is 1. The van der Waals surface area contributed by atoms with Crippen LogP contribution in [-0.4, -0.2) is 51.4 Å². The Morgan fingerprint density at radius 2 is 2.10 bits per heavy atom. The standard InChI is InChI=1S/C22H30N4O2S.HI/c1-23-22(24-10-9-16-7-8-18-19(13-16)28-15-27-18)25-14-17-5-3-11-26(2)21(17)20-6-4-12-29-20;/h4,6-8,12-13,17,21H,3,5,9-11,14-15H2,1-2H3,(H2,23,24,25);1H. The summed E-state index contributed by atoms with van der Waals surface area (Å²) in [5.41, 5.74) is 1.23. The molecule has 30 heavy (non-hydrogen) atoms. The summed E-state index contributed by atoms with van der Waals surface area (Å²) < 4.78 is 10.8. The molecule has 2 aliphatic heterocycles. The van der Waals surface area contributed by atoms with Gasteiger partial charge < -0.3 is 20.1 Å². The summed E-state index contributed by atoms with van der Waals surface area (Å²) in [5.74, 6) is 3.12. The fourth-order valence-electron chi connectivity index (χ4n) is 4.25. The van der Waals surface area contributed by atoms with Crippen LogP contribution in [0.5, 0.6) is 11.5 Å². The van der Waals surface area contributed by atoms with Crippen LogP contribution in [0.4, 0.5) is 0 Å². The van der Waals surface area contributed by atoms with Crippen molar-refractivity contribution in [3.63, 3.8) is 0 Å². The van der Waals surface area contributed by atoms with Gasteiger partial charge in [-0.15, -0.1) is 35.3 Å². The number of ether oxygens (including phenoxy) is 2. The molecule has 2 aliphatic rings. The zero-order chi connectivity index (χ0) is 20.1. The molecule has 1 fully saturated rings. The average Bonchev–Trinajstić information content (AvgIpc) is 3.42. The third-order valence-corrected chi connectivity index (χ3v) is 6.68. The molecule has 164 valence electrons. The van der Waals surface area contributed by atoms with Gasteiger partial charge in [-0.25, -0.2) is 0 Å². The number of benzene rings is 1. The molecule has 0 aliphatic carbocycles. The molecule has 0 saturated carbocycles. The number of guanidine groups is 1. The summed E-state index contributed by atoms with van der Waals surface area (Å²) in [6.45, 7) is 3.23. The monoisotopic (exact) mass is 542 g/mol. The number of likely N-dealkylation sites (tertiary alicyclic amines) is 1. The minimum absolute atomic E-state index is 0. The second-order valence-corrected chi connectivity index (χ2v) is 8.64. The maximum atomic E-state index is 5.46. The zero-order valence-electron chi connectivity index (χ0n) is 17.6. The summed E-state index contributed by atoms with van der Waals surface area (Å²) in [7, 11) is 4.08. The largest absolute Gasteiger partial charge is 0.454 e. The molecule has 6 nitrogen and oxygen atoms in total. The van der Waals surface area contributed by atoms with Gasteiger partial charge in [-0.3, -0.25) is 9.89 Å². The molecule has 2 aromatic rings. The van der Waals surface area contributed by atoms with Crippen LogP contribution in [0.3, 0.4) is 0 Å². The Balaban J connectivity index is 0.00000256. The number of thiophene rings is 1. The lowest BCUT2D eigenvalue weighted by Crippen LogP contribution is -2.45. The quantitative estimate of drug-likeness (QED) is 0.330. The lowest BCUT2D eigenvalue weighted by Gasteiger charge is -2.39. The smallest absolute Gasteiger partial charge is 0.231 e. The van der Waals surface area contributed by atoms with Gasteiger partial charge in [0.25, 0.3) is 0 Å². The van der Waals surface area contributed by atoms with Crippen LogP contribution in [0.25, 0.3) is 0 Å². The highest BCUT2D eigenvalue weighted by atomic mass is 127. The molecular formula is C22H31IN4O2S. The van der Waals surface area contributed by atoms with Gasteiger partial charge in [0.05, 0.1) is 0 Å². The number of hydrogen-bond donors (Lipinski definition) is 2. The highest BCUT2D eigenvalue weighted by Gasteiger charge is 2.31. The van der Waals surface area contributed by atoms with Crippen LogP contribution in [0.1, 0.15) is 29.3 Å². The third kappa shape index (κ3) is 5.59. The Morgan fingerprint density at radius 3 is 2.90 bits per heavy atom. The van der Waals surface area contributed by atoms with Crippen molar-refractivity contribution in [2.45, 2.75) is 25.3 Å². The summed E-state index contributed by atoms with van der Waals surface area (Å²) >= 11 is 1.86. The molecule has 2 atom stereocenters. The second kappa shape index (κ2) is 11.2. The molecular weight excluding hydrogens is 511 g/mol. The molecule has 8 heteroatoms. The normalized spacial score (nSPS) is 21.2. The van der Waals surface area contributed by atoms with E-state index in [0.29, 0.717) is 18.8 Å². The number of fused-ring (bicyclic) bond motifs is 1. The Hall–Kier alpha value is -1.52. The van der Waals surface area contributed by atoms with Gasteiger partial charge in [-0.2, -0.15) is 0 Å². The molecule has 1 aromatic carbocycles. The van der Waals surface area contributed by atoms with Gasteiger partial charge in [0.15, 0.2) is 17.5 Å². The molecule has 0 radical (unpaired) electrons. The van der Waals surface area contributed by atoms with Gasteiger partial charge in [-0.05, 0) is 67.9 Å². The number of halogens is 1. The van der Waals surface area contributed by atoms with E-state index in [1.54, 1.807) is 0 Å². The Bertz CT molecular complexity index is 831. The minimum Gasteiger partial charge on any atom is -0.454 e. The predicted molar refractivity (Wildman–Crippen MR) is 133 cm³/mol. The number of nitrogens with zero attached hydrogens (tertiary/aromatic N) is 2. The van der Waals surface area contributed by atoms with E-state index in [9.17, 15) is 0 Å². The fourth-order valence-corrected chi connectivity index (χ4v) is 5.24. The van der Waals surface area contributed by atoms with Crippen molar-refractivity contribution >= 4 is 41.3 Å². The molecule has 3 heterocycles. The van der Waals surface area contributed by atoms with Crippen LogP contribution >= 0.6 is 35.3 Å². The van der Waals surface area contributed by atoms with E-state index < -0.39 is 0 Å². The van der Waals surface area contributed by atoms with Crippen LogP contribution < -0.4 is 20.1 Å². The highest BCUT2D eigenvalue weighted by molar-refractivity contribution is 14.0. The first-order valence-corrected chi connectivity index (χ1v) is 11.2.